The lowest BCUT2D eigenvalue weighted by atomic mass is 10.2. The van der Waals surface area contributed by atoms with E-state index in [0.29, 0.717) is 19.5 Å². The monoisotopic (exact) mass is 468 g/mol. The van der Waals surface area contributed by atoms with Crippen molar-refractivity contribution in [3.8, 4) is 0 Å². The second-order valence-electron chi connectivity index (χ2n) is 4.19. The molecule has 112 valence electrons. The molecular weight excluding hydrogens is 460 g/mol. The fourth-order valence-corrected chi connectivity index (χ4v) is 5.91. The second-order valence-corrected chi connectivity index (χ2v) is 9.33. The molecule has 1 aromatic carbocycles. The summed E-state index contributed by atoms with van der Waals surface area (Å²) >= 11 is 12.6. The summed E-state index contributed by atoms with van der Waals surface area (Å²) in [5.41, 5.74) is 6.95. The highest BCUT2D eigenvalue weighted by Gasteiger charge is 2.20. The normalized spacial score (nSPS) is 11.4. The molecular formula is C12H10Br2N2O2S3. The zero-order chi connectivity index (χ0) is 15.8. The predicted octanol–water partition coefficient (Wildman–Crippen LogP) is 4.02. The van der Waals surface area contributed by atoms with Gasteiger partial charge in [0.05, 0.1) is 10.6 Å². The largest absolute Gasteiger partial charge is 0.389 e. The lowest BCUT2D eigenvalue weighted by molar-refractivity contribution is 0.603. The number of benzene rings is 1. The van der Waals surface area contributed by atoms with E-state index in [-0.39, 0.29) is 9.20 Å². The molecule has 0 aliphatic carbocycles. The molecule has 0 aliphatic rings. The van der Waals surface area contributed by atoms with Gasteiger partial charge in [-0.05, 0) is 68.6 Å². The topological polar surface area (TPSA) is 72.2 Å². The van der Waals surface area contributed by atoms with E-state index in [2.05, 4.69) is 36.6 Å². The smallest absolute Gasteiger partial charge is 0.271 e. The van der Waals surface area contributed by atoms with Crippen LogP contribution in [0.25, 0.3) is 0 Å². The number of halogens is 2. The number of nitrogens with two attached hydrogens (primary N) is 1. The van der Waals surface area contributed by atoms with Gasteiger partial charge in [0, 0.05) is 8.95 Å². The van der Waals surface area contributed by atoms with Gasteiger partial charge in [-0.3, -0.25) is 4.72 Å². The highest BCUT2D eigenvalue weighted by atomic mass is 79.9. The summed E-state index contributed by atoms with van der Waals surface area (Å²) < 4.78 is 28.8. The number of thiophene rings is 1. The quantitative estimate of drug-likeness (QED) is 0.663. The Balaban J connectivity index is 2.40. The van der Waals surface area contributed by atoms with E-state index in [4.69, 9.17) is 18.0 Å². The molecule has 2 rings (SSSR count). The van der Waals surface area contributed by atoms with Crippen molar-refractivity contribution >= 4 is 76.1 Å². The number of rotatable bonds is 4. The molecule has 0 aliphatic heterocycles. The van der Waals surface area contributed by atoms with Gasteiger partial charge in [-0.2, -0.15) is 0 Å². The van der Waals surface area contributed by atoms with E-state index in [1.807, 2.05) is 19.1 Å². The van der Waals surface area contributed by atoms with E-state index in [1.165, 1.54) is 6.07 Å². The first kappa shape index (κ1) is 16.9. The van der Waals surface area contributed by atoms with Crippen LogP contribution in [-0.4, -0.2) is 13.4 Å². The van der Waals surface area contributed by atoms with Crippen LogP contribution in [0.15, 0.2) is 37.4 Å². The van der Waals surface area contributed by atoms with Crippen LogP contribution in [0.3, 0.4) is 0 Å². The summed E-state index contributed by atoms with van der Waals surface area (Å²) in [5.74, 6) is 0. The van der Waals surface area contributed by atoms with Gasteiger partial charge in [0.2, 0.25) is 0 Å². The third kappa shape index (κ3) is 3.84. The minimum Gasteiger partial charge on any atom is -0.389 e. The Hall–Kier alpha value is -0.480. The second kappa shape index (κ2) is 6.33. The van der Waals surface area contributed by atoms with Crippen LogP contribution in [0.2, 0.25) is 0 Å². The molecule has 0 fully saturated rings. The van der Waals surface area contributed by atoms with Gasteiger partial charge in [-0.1, -0.05) is 12.2 Å². The average molecular weight is 470 g/mol. The molecule has 0 atom stereocenters. The van der Waals surface area contributed by atoms with Gasteiger partial charge in [0.15, 0.2) is 0 Å². The summed E-state index contributed by atoms with van der Waals surface area (Å²) in [4.78, 5) is 0.742. The maximum Gasteiger partial charge on any atom is 0.271 e. The zero-order valence-corrected chi connectivity index (χ0v) is 16.3. The van der Waals surface area contributed by atoms with E-state index >= 15 is 0 Å². The Kier molecular flexibility index (Phi) is 5.09. The number of aryl methyl sites for hydroxylation is 1. The third-order valence-corrected chi connectivity index (χ3v) is 7.07. The van der Waals surface area contributed by atoms with Gasteiger partial charge in [-0.25, -0.2) is 8.42 Å². The zero-order valence-electron chi connectivity index (χ0n) is 10.7. The number of thiocarbonyl (C=S) groups is 1. The molecule has 4 nitrogen and oxygen atoms in total. The predicted molar refractivity (Wildman–Crippen MR) is 97.6 cm³/mol. The van der Waals surface area contributed by atoms with Crippen LogP contribution in [0.4, 0.5) is 5.69 Å². The van der Waals surface area contributed by atoms with E-state index in [9.17, 15) is 8.42 Å². The maximum absolute atomic E-state index is 12.4. The summed E-state index contributed by atoms with van der Waals surface area (Å²) in [6.07, 6.45) is 0. The lowest BCUT2D eigenvalue weighted by Crippen LogP contribution is -2.12. The molecule has 0 unspecified atom stereocenters. The van der Waals surface area contributed by atoms with Crippen LogP contribution in [-0.2, 0) is 10.0 Å². The van der Waals surface area contributed by atoms with Gasteiger partial charge in [-0.15, -0.1) is 11.3 Å². The van der Waals surface area contributed by atoms with Crippen molar-refractivity contribution in [2.75, 3.05) is 4.72 Å². The molecule has 0 saturated carbocycles. The van der Waals surface area contributed by atoms with Gasteiger partial charge >= 0.3 is 0 Å². The molecule has 3 N–H and O–H groups in total. The fourth-order valence-electron chi connectivity index (χ4n) is 1.58. The first-order valence-corrected chi connectivity index (χ1v) is 9.88. The van der Waals surface area contributed by atoms with Crippen molar-refractivity contribution in [3.63, 3.8) is 0 Å². The van der Waals surface area contributed by atoms with Crippen molar-refractivity contribution < 1.29 is 8.42 Å². The van der Waals surface area contributed by atoms with Crippen LogP contribution >= 0.6 is 55.4 Å². The molecule has 0 amide bonds. The van der Waals surface area contributed by atoms with Gasteiger partial charge in [0.25, 0.3) is 10.0 Å². The Bertz CT molecular complexity index is 793. The van der Waals surface area contributed by atoms with Crippen molar-refractivity contribution in [2.24, 2.45) is 5.73 Å². The first-order chi connectivity index (χ1) is 9.70. The molecule has 9 heteroatoms. The fraction of sp³-hybridized carbons (Fsp3) is 0.0833. The minimum absolute atomic E-state index is 0.157. The number of nitrogens with one attached hydrogen (secondary N) is 1. The summed E-state index contributed by atoms with van der Waals surface area (Å²) in [5, 5.41) is 0. The standard InChI is InChI=1S/C12H10Br2N2O2S3/c1-6-4-7(13)11(8(14)5-6)16-21(17,18)10-3-2-9(20-10)12(15)19/h2-5,16H,1H3,(H2,15,19). The third-order valence-electron chi connectivity index (χ3n) is 2.51. The minimum atomic E-state index is -3.69. The van der Waals surface area contributed by atoms with E-state index < -0.39 is 10.0 Å². The van der Waals surface area contributed by atoms with Crippen molar-refractivity contribution in [3.05, 3.63) is 43.7 Å². The Morgan fingerprint density at radius 2 is 1.86 bits per heavy atom. The summed E-state index contributed by atoms with van der Waals surface area (Å²) in [7, 11) is -3.69. The number of anilines is 1. The van der Waals surface area contributed by atoms with Crippen LogP contribution in [0, 0.1) is 6.92 Å². The summed E-state index contributed by atoms with van der Waals surface area (Å²) in [6, 6.07) is 6.74. The number of hydrogen-bond acceptors (Lipinski definition) is 4. The van der Waals surface area contributed by atoms with E-state index in [0.717, 1.165) is 16.9 Å². The number of hydrogen-bond donors (Lipinski definition) is 2. The van der Waals surface area contributed by atoms with Crippen molar-refractivity contribution in [1.29, 1.82) is 0 Å². The van der Waals surface area contributed by atoms with Crippen LogP contribution < -0.4 is 10.5 Å². The van der Waals surface area contributed by atoms with Gasteiger partial charge in [0.1, 0.15) is 9.20 Å². The number of sulfonamides is 1. The van der Waals surface area contributed by atoms with Gasteiger partial charge < -0.3 is 5.73 Å². The van der Waals surface area contributed by atoms with Crippen LogP contribution in [0.1, 0.15) is 10.4 Å². The highest BCUT2D eigenvalue weighted by Crippen LogP contribution is 2.34. The molecule has 0 bridgehead atoms. The average Bonchev–Trinajstić information content (AvgIpc) is 2.84. The maximum atomic E-state index is 12.4. The summed E-state index contributed by atoms with van der Waals surface area (Å²) in [6.45, 7) is 1.92. The molecule has 2 aromatic rings. The molecule has 1 heterocycles. The SMILES string of the molecule is Cc1cc(Br)c(NS(=O)(=O)c2ccc(C(N)=S)s2)c(Br)c1. The Labute approximate surface area is 149 Å². The van der Waals surface area contributed by atoms with E-state index in [1.54, 1.807) is 6.07 Å². The highest BCUT2D eigenvalue weighted by molar-refractivity contribution is 9.11. The molecule has 21 heavy (non-hydrogen) atoms. The lowest BCUT2D eigenvalue weighted by Gasteiger charge is -2.11. The molecule has 0 saturated heterocycles. The molecule has 0 spiro atoms. The Morgan fingerprint density at radius 3 is 2.33 bits per heavy atom. The van der Waals surface area contributed by atoms with Crippen molar-refractivity contribution in [2.45, 2.75) is 11.1 Å². The van der Waals surface area contributed by atoms with Crippen molar-refractivity contribution in [1.82, 2.24) is 0 Å². The molecule has 0 radical (unpaired) electrons. The Morgan fingerprint density at radius 1 is 1.29 bits per heavy atom. The first-order valence-electron chi connectivity index (χ1n) is 5.59. The van der Waals surface area contributed by atoms with Crippen LogP contribution in [0.5, 0.6) is 0 Å². The molecule has 1 aromatic heterocycles.